The maximum Gasteiger partial charge on any atom is 0.266 e. The summed E-state index contributed by atoms with van der Waals surface area (Å²) < 4.78 is 21.1. The molecule has 6 aliphatic rings. The van der Waals surface area contributed by atoms with Crippen LogP contribution in [-0.2, 0) is 33.6 Å². The number of pyridine rings is 3. The van der Waals surface area contributed by atoms with E-state index in [4.69, 9.17) is 68.7 Å². The molecule has 101 heavy (non-hydrogen) atoms. The summed E-state index contributed by atoms with van der Waals surface area (Å²) in [6.45, 7) is 26.3. The summed E-state index contributed by atoms with van der Waals surface area (Å²) in [6.07, 6.45) is 4.47. The zero-order valence-corrected chi connectivity index (χ0v) is 59.7. The van der Waals surface area contributed by atoms with Crippen LogP contribution >= 0.6 is 50.7 Å². The van der Waals surface area contributed by atoms with E-state index >= 15 is 0 Å². The second-order valence-corrected chi connectivity index (χ2v) is 29.6. The monoisotopic (exact) mass is 1460 g/mol. The summed E-state index contributed by atoms with van der Waals surface area (Å²) in [5, 5.41) is 57.9. The summed E-state index contributed by atoms with van der Waals surface area (Å²) in [5.74, 6) is -0.622. The molecule has 3 saturated carbocycles. The Hall–Kier alpha value is -9.27. The van der Waals surface area contributed by atoms with Gasteiger partial charge in [-0.3, -0.25) is 15.0 Å². The number of ether oxygens (including phenoxy) is 3. The molecule has 6 heterocycles. The van der Waals surface area contributed by atoms with Crippen molar-refractivity contribution in [3.8, 4) is 29.4 Å². The van der Waals surface area contributed by atoms with Crippen LogP contribution in [0.4, 0.5) is 0 Å². The molecule has 508 valence electrons. The first kappa shape index (κ1) is 70.2. The summed E-state index contributed by atoms with van der Waals surface area (Å²) >= 11 is 22.3. The zero-order chi connectivity index (χ0) is 71.6. The average molecular weight is 1470 g/mol. The van der Waals surface area contributed by atoms with Crippen molar-refractivity contribution in [3.63, 3.8) is 0 Å². The van der Waals surface area contributed by atoms with Gasteiger partial charge in [0.2, 0.25) is 16.8 Å². The van der Waals surface area contributed by atoms with E-state index in [2.05, 4.69) is 62.5 Å². The molecular weight excluding hydrogens is 1400 g/mol. The van der Waals surface area contributed by atoms with Crippen LogP contribution in [0.15, 0.2) is 205 Å². The summed E-state index contributed by atoms with van der Waals surface area (Å²) in [7, 11) is 11.8. The molecule has 3 fully saturated rings. The predicted octanol–water partition coefficient (Wildman–Crippen LogP) is 13.9. The van der Waals surface area contributed by atoms with Crippen LogP contribution in [0.1, 0.15) is 79.3 Å². The lowest BCUT2D eigenvalue weighted by Gasteiger charge is -2.39. The number of aromatic nitrogens is 3. The van der Waals surface area contributed by atoms with Gasteiger partial charge in [-0.1, -0.05) is 178 Å². The number of halogens is 4. The Labute approximate surface area is 610 Å². The highest BCUT2D eigenvalue weighted by atomic mass is 79.9. The Bertz CT molecular complexity index is 4620. The molecule has 17 nitrogen and oxygen atoms in total. The SMILES string of the molecule is [C-]#[N+]C1[C@H](CN(C)C)[C@@H](c2ccccc2)[C@]2(c3ccc(Br)cc3)Oc3cc(Cl)cnc3[C@]12O.[C-]#[N+]C1[C@H](CN(C)C)[C@@H](c2ccccc2)[C@]2(c3ccc(C#N)cc3)Oc3cc(Cl)cnc3[C@]12O.[C-]#[N+]C1[C@H](CN(C)C)[C@@H](c2ccccc2)[C@]2(c3ccc(C#N)cc3)Oc3cc(Cl)cnc3[C@]12O. The maximum absolute atomic E-state index is 12.7. The largest absolute Gasteiger partial charge is 0.476 e. The van der Waals surface area contributed by atoms with Gasteiger partial charge in [-0.05, 0) is 112 Å². The molecule has 3 aromatic heterocycles. The Morgan fingerprint density at radius 1 is 0.436 bits per heavy atom. The van der Waals surface area contributed by atoms with Gasteiger partial charge >= 0.3 is 0 Å². The quantitative estimate of drug-likeness (QED) is 0.0977. The summed E-state index contributed by atoms with van der Waals surface area (Å²) in [5.41, 5.74) is -1.92. The molecule has 0 spiro atoms. The highest BCUT2D eigenvalue weighted by molar-refractivity contribution is 9.10. The van der Waals surface area contributed by atoms with E-state index in [1.165, 1.54) is 18.6 Å². The van der Waals surface area contributed by atoms with Crippen molar-refractivity contribution in [2.24, 2.45) is 17.8 Å². The van der Waals surface area contributed by atoms with Crippen molar-refractivity contribution in [1.82, 2.24) is 29.7 Å². The van der Waals surface area contributed by atoms with Crippen molar-refractivity contribution in [1.29, 1.82) is 10.5 Å². The molecule has 3 N–H and O–H groups in total. The van der Waals surface area contributed by atoms with Crippen molar-refractivity contribution < 1.29 is 29.5 Å². The lowest BCUT2D eigenvalue weighted by Crippen LogP contribution is -2.51. The number of hydrogen-bond acceptors (Lipinski definition) is 14. The molecular formula is C80H69BrCl3N11O6. The second kappa shape index (κ2) is 27.3. The second-order valence-electron chi connectivity index (χ2n) is 27.4. The molecule has 15 rings (SSSR count). The van der Waals surface area contributed by atoms with E-state index in [9.17, 15) is 25.8 Å². The van der Waals surface area contributed by atoms with Gasteiger partial charge in [0.1, 0.15) is 34.3 Å². The minimum Gasteiger partial charge on any atom is -0.476 e. The van der Waals surface area contributed by atoms with E-state index in [1.807, 2.05) is 192 Å². The molecule has 3 aliphatic heterocycles. The van der Waals surface area contributed by atoms with Crippen molar-refractivity contribution in [2.75, 3.05) is 61.9 Å². The van der Waals surface area contributed by atoms with Crippen LogP contribution in [0.25, 0.3) is 14.5 Å². The van der Waals surface area contributed by atoms with Gasteiger partial charge in [-0.25, -0.2) is 19.7 Å². The molecule has 9 aromatic rings. The normalized spacial score (nSPS) is 29.4. The first-order valence-electron chi connectivity index (χ1n) is 32.7. The van der Waals surface area contributed by atoms with E-state index < -0.39 is 51.7 Å². The van der Waals surface area contributed by atoms with Crippen LogP contribution < -0.4 is 14.2 Å². The highest BCUT2D eigenvalue weighted by Gasteiger charge is 2.83. The van der Waals surface area contributed by atoms with Gasteiger partial charge in [-0.15, -0.1) is 0 Å². The first-order chi connectivity index (χ1) is 48.5. The van der Waals surface area contributed by atoms with Crippen molar-refractivity contribution in [3.05, 3.63) is 316 Å². The molecule has 3 unspecified atom stereocenters. The minimum atomic E-state index is -1.73. The van der Waals surface area contributed by atoms with Crippen molar-refractivity contribution in [2.45, 2.75) is 69.5 Å². The highest BCUT2D eigenvalue weighted by Crippen LogP contribution is 2.72. The zero-order valence-electron chi connectivity index (χ0n) is 55.9. The number of rotatable bonds is 12. The van der Waals surface area contributed by atoms with E-state index in [-0.39, 0.29) is 35.5 Å². The molecule has 0 amide bonds. The standard InChI is InChI=1S/2C27H23ClN4O2.C26H23BrClN3O2/c2*1-30-24-21(16-32(2)3)23(18-7-5-4-6-8-18)27(19-11-9-17(14-29)10-12-19)26(24,33)25-22(34-27)13-20(28)15-31-25;1-29-23-20(15-31(2)3)22(16-7-5-4-6-8-16)26(17-9-11-18(27)12-10-17)25(23,32)24-21(33-26)13-19(28)14-30-24/h2*4-13,15,21,23-24,33H,16H2,2-3H3;4-14,20,22-23,32H,15H2,2-3H3/t2*21-,23-,24?,26-,27+;20-,22-,23?,25-,26+/m111/s1. The predicted molar refractivity (Wildman–Crippen MR) is 388 cm³/mol. The third-order valence-electron chi connectivity index (χ3n) is 20.9. The average Bonchev–Trinajstić information content (AvgIpc) is 1.52. The van der Waals surface area contributed by atoms with Gasteiger partial charge in [0.05, 0.1) is 56.1 Å². The molecule has 3 aliphatic carbocycles. The molecule has 0 bridgehead atoms. The number of hydrogen-bond donors (Lipinski definition) is 3. The van der Waals surface area contributed by atoms with Crippen LogP contribution in [-0.4, -0.2) is 125 Å². The Morgan fingerprint density at radius 2 is 0.693 bits per heavy atom. The number of nitriles is 2. The molecule has 21 heteroatoms. The van der Waals surface area contributed by atoms with Gasteiger partial charge in [0, 0.05) is 78.7 Å². The molecule has 6 aromatic carbocycles. The van der Waals surface area contributed by atoms with Crippen LogP contribution in [0.3, 0.4) is 0 Å². The van der Waals surface area contributed by atoms with Crippen LogP contribution in [0.2, 0.25) is 15.1 Å². The number of fused-ring (bicyclic) bond motifs is 9. The van der Waals surface area contributed by atoms with E-state index in [0.29, 0.717) is 91.3 Å². The van der Waals surface area contributed by atoms with Gasteiger partial charge in [-0.2, -0.15) is 10.5 Å². The number of nitrogens with zero attached hydrogens (tertiary/aromatic N) is 11. The molecule has 0 radical (unpaired) electrons. The third-order valence-corrected chi connectivity index (χ3v) is 22.1. The van der Waals surface area contributed by atoms with E-state index in [0.717, 1.165) is 26.7 Å². The maximum atomic E-state index is 12.7. The smallest absolute Gasteiger partial charge is 0.266 e. The minimum absolute atomic E-state index is 0.209. The Morgan fingerprint density at radius 3 is 0.931 bits per heavy atom. The van der Waals surface area contributed by atoms with Gasteiger partial charge in [0.25, 0.3) is 18.1 Å². The number of aliphatic hydroxyl groups is 3. The van der Waals surface area contributed by atoms with E-state index in [1.54, 1.807) is 42.5 Å². The lowest BCUT2D eigenvalue weighted by molar-refractivity contribution is -0.109. The topological polar surface area (TPSA) is 197 Å². The molecule has 0 saturated heterocycles. The fraction of sp³-hybridized carbons (Fsp3) is 0.300. The Balaban J connectivity index is 0.000000135. The Kier molecular flexibility index (Phi) is 18.9. The molecule has 15 atom stereocenters. The fourth-order valence-electron chi connectivity index (χ4n) is 17.5. The number of benzene rings is 6. The van der Waals surface area contributed by atoms with Crippen LogP contribution in [0.5, 0.6) is 17.2 Å². The third kappa shape index (κ3) is 10.9. The van der Waals surface area contributed by atoms with Gasteiger partial charge < -0.3 is 58.8 Å². The fourth-order valence-corrected chi connectivity index (χ4v) is 18.2. The summed E-state index contributed by atoms with van der Waals surface area (Å²) in [6, 6.07) is 58.5. The van der Waals surface area contributed by atoms with Gasteiger partial charge in [0.15, 0.2) is 16.8 Å². The lowest BCUT2D eigenvalue weighted by atomic mass is 9.71. The van der Waals surface area contributed by atoms with Crippen molar-refractivity contribution >= 4 is 50.7 Å². The first-order valence-corrected chi connectivity index (χ1v) is 34.7. The summed E-state index contributed by atoms with van der Waals surface area (Å²) in [4.78, 5) is 31.7. The van der Waals surface area contributed by atoms with Crippen LogP contribution in [0, 0.1) is 60.1 Å².